The summed E-state index contributed by atoms with van der Waals surface area (Å²) in [6.45, 7) is 5.40. The molecular weight excluding hydrogens is 504 g/mol. The molecule has 12 heteroatoms. The molecule has 3 aromatic rings. The van der Waals surface area contributed by atoms with Gasteiger partial charge in [0, 0.05) is 13.5 Å². The minimum Gasteiger partial charge on any atom is -0.466 e. The monoisotopic (exact) mass is 542 g/mol. The molecule has 4 N–H and O–H groups in total. The summed E-state index contributed by atoms with van der Waals surface area (Å²) in [6, 6.07) is 14.3. The SMILES string of the molecule is C.CC(=O)OCCCNC(=O)OCc1cccc2nnc([C@@H](COCc3ccccc3)NC(=O)C(C)(C)N)n12. The van der Waals surface area contributed by atoms with E-state index < -0.39 is 17.7 Å². The normalized spacial score (nSPS) is 11.8. The van der Waals surface area contributed by atoms with Crippen molar-refractivity contribution in [3.63, 3.8) is 0 Å². The number of ether oxygens (including phenoxy) is 3. The number of amides is 2. The predicted molar refractivity (Wildman–Crippen MR) is 144 cm³/mol. The van der Waals surface area contributed by atoms with Gasteiger partial charge in [-0.15, -0.1) is 10.2 Å². The molecule has 0 aliphatic rings. The second kappa shape index (κ2) is 14.8. The quantitative estimate of drug-likeness (QED) is 0.218. The van der Waals surface area contributed by atoms with E-state index in [0.717, 1.165) is 5.56 Å². The lowest BCUT2D eigenvalue weighted by Crippen LogP contribution is -2.51. The zero-order valence-electron chi connectivity index (χ0n) is 21.8. The Kier molecular flexibility index (Phi) is 11.8. The molecule has 12 nitrogen and oxygen atoms in total. The largest absolute Gasteiger partial charge is 0.466 e. The zero-order chi connectivity index (χ0) is 27.5. The van der Waals surface area contributed by atoms with Crippen molar-refractivity contribution in [1.82, 2.24) is 25.2 Å². The molecule has 0 saturated heterocycles. The summed E-state index contributed by atoms with van der Waals surface area (Å²) in [7, 11) is 0. The number of carbonyl (C=O) groups excluding carboxylic acids is 3. The molecule has 2 aromatic heterocycles. The second-order valence-electron chi connectivity index (χ2n) is 9.21. The molecule has 0 aliphatic heterocycles. The first-order chi connectivity index (χ1) is 18.1. The first-order valence-corrected chi connectivity index (χ1v) is 12.2. The molecular formula is C27H38N6O6. The number of nitrogens with one attached hydrogen (secondary N) is 2. The Morgan fingerprint density at radius 3 is 2.46 bits per heavy atom. The summed E-state index contributed by atoms with van der Waals surface area (Å²) < 4.78 is 17.8. The lowest BCUT2D eigenvalue weighted by Gasteiger charge is -2.24. The fraction of sp³-hybridized carbons (Fsp3) is 0.444. The summed E-state index contributed by atoms with van der Waals surface area (Å²) in [5.41, 5.74) is 6.97. The molecule has 39 heavy (non-hydrogen) atoms. The van der Waals surface area contributed by atoms with E-state index in [4.69, 9.17) is 19.9 Å². The van der Waals surface area contributed by atoms with Gasteiger partial charge >= 0.3 is 12.1 Å². The van der Waals surface area contributed by atoms with Gasteiger partial charge in [-0.05, 0) is 38.0 Å². The molecule has 1 aromatic carbocycles. The number of pyridine rings is 1. The number of rotatable bonds is 13. The number of hydrogen-bond donors (Lipinski definition) is 3. The number of fused-ring (bicyclic) bond motifs is 1. The average molecular weight is 543 g/mol. The molecule has 0 unspecified atom stereocenters. The van der Waals surface area contributed by atoms with Crippen molar-refractivity contribution in [1.29, 1.82) is 0 Å². The highest BCUT2D eigenvalue weighted by Gasteiger charge is 2.28. The number of nitrogens with zero attached hydrogens (tertiary/aromatic N) is 3. The van der Waals surface area contributed by atoms with E-state index in [1.807, 2.05) is 30.3 Å². The number of benzene rings is 1. The zero-order valence-corrected chi connectivity index (χ0v) is 21.8. The van der Waals surface area contributed by atoms with Crippen LogP contribution >= 0.6 is 0 Å². The molecule has 0 bridgehead atoms. The van der Waals surface area contributed by atoms with E-state index in [0.29, 0.717) is 30.2 Å². The number of carbonyl (C=O) groups is 3. The second-order valence-corrected chi connectivity index (χ2v) is 9.21. The van der Waals surface area contributed by atoms with Crippen molar-refractivity contribution in [3.05, 3.63) is 65.6 Å². The van der Waals surface area contributed by atoms with Gasteiger partial charge in [0.1, 0.15) is 12.6 Å². The Morgan fingerprint density at radius 2 is 1.77 bits per heavy atom. The molecule has 212 valence electrons. The Labute approximate surface area is 228 Å². The van der Waals surface area contributed by atoms with Gasteiger partial charge in [-0.25, -0.2) is 4.79 Å². The van der Waals surface area contributed by atoms with Gasteiger partial charge in [-0.3, -0.25) is 14.0 Å². The smallest absolute Gasteiger partial charge is 0.407 e. The highest BCUT2D eigenvalue weighted by atomic mass is 16.5. The lowest BCUT2D eigenvalue weighted by molar-refractivity contribution is -0.141. The molecule has 0 fully saturated rings. The minimum absolute atomic E-state index is 0. The van der Waals surface area contributed by atoms with Gasteiger partial charge in [0.25, 0.3) is 0 Å². The third-order valence-electron chi connectivity index (χ3n) is 5.38. The first kappa shape index (κ1) is 31.2. The summed E-state index contributed by atoms with van der Waals surface area (Å²) in [6.07, 6.45) is -0.165. The molecule has 0 saturated carbocycles. The van der Waals surface area contributed by atoms with Gasteiger partial charge < -0.3 is 30.6 Å². The van der Waals surface area contributed by atoms with Gasteiger partial charge in [0.2, 0.25) is 5.91 Å². The third kappa shape index (κ3) is 9.65. The van der Waals surface area contributed by atoms with Crippen LogP contribution < -0.4 is 16.4 Å². The van der Waals surface area contributed by atoms with Gasteiger partial charge in [0.15, 0.2) is 11.5 Å². The summed E-state index contributed by atoms with van der Waals surface area (Å²) in [5.74, 6) is -0.350. The van der Waals surface area contributed by atoms with Crippen LogP contribution in [0.1, 0.15) is 57.7 Å². The van der Waals surface area contributed by atoms with Gasteiger partial charge in [-0.1, -0.05) is 43.8 Å². The van der Waals surface area contributed by atoms with Crippen LogP contribution in [0.5, 0.6) is 0 Å². The molecule has 0 aliphatic carbocycles. The molecule has 2 heterocycles. The molecule has 0 radical (unpaired) electrons. The maximum Gasteiger partial charge on any atom is 0.407 e. The van der Waals surface area contributed by atoms with Crippen LogP contribution in [-0.4, -0.2) is 57.9 Å². The Morgan fingerprint density at radius 1 is 1.03 bits per heavy atom. The van der Waals surface area contributed by atoms with Crippen molar-refractivity contribution in [3.8, 4) is 0 Å². The van der Waals surface area contributed by atoms with Crippen LogP contribution in [0.4, 0.5) is 4.79 Å². The predicted octanol–water partition coefficient (Wildman–Crippen LogP) is 2.66. The molecule has 3 rings (SSSR count). The first-order valence-electron chi connectivity index (χ1n) is 12.2. The van der Waals surface area contributed by atoms with Crippen LogP contribution in [0.2, 0.25) is 0 Å². The highest BCUT2D eigenvalue weighted by molar-refractivity contribution is 5.85. The standard InChI is InChI=1S/C26H34N6O6.CH4/c1-18(33)37-14-8-13-28-25(35)38-16-20-11-7-12-22-30-31-23(32(20)22)21(29-24(34)26(2,3)27)17-36-15-19-9-5-4-6-10-19;/h4-7,9-12,21H,8,13-17,27H2,1-3H3,(H,28,35)(H,29,34);1H4/t21-;/m1./s1. The maximum atomic E-state index is 12.8. The maximum absolute atomic E-state index is 12.8. The number of nitrogens with two attached hydrogens (primary N) is 1. The van der Waals surface area contributed by atoms with E-state index in [1.54, 1.807) is 36.4 Å². The highest BCUT2D eigenvalue weighted by Crippen LogP contribution is 2.18. The van der Waals surface area contributed by atoms with Crippen LogP contribution in [-0.2, 0) is 37.0 Å². The van der Waals surface area contributed by atoms with Gasteiger partial charge in [-0.2, -0.15) is 0 Å². The number of alkyl carbamates (subject to hydrolysis) is 1. The van der Waals surface area contributed by atoms with Gasteiger partial charge in [0.05, 0.1) is 31.1 Å². The molecule has 2 amide bonds. The minimum atomic E-state index is -1.13. The Balaban J connectivity index is 0.00000533. The van der Waals surface area contributed by atoms with Crippen LogP contribution in [0.25, 0.3) is 5.65 Å². The van der Waals surface area contributed by atoms with Crippen LogP contribution in [0.3, 0.4) is 0 Å². The van der Waals surface area contributed by atoms with E-state index in [-0.39, 0.29) is 45.7 Å². The van der Waals surface area contributed by atoms with Crippen molar-refractivity contribution < 1.29 is 28.6 Å². The Bertz CT molecular complexity index is 1220. The number of aromatic nitrogens is 3. The number of hydrogen-bond acceptors (Lipinski definition) is 9. The van der Waals surface area contributed by atoms with Crippen molar-refractivity contribution >= 4 is 23.6 Å². The van der Waals surface area contributed by atoms with Crippen LogP contribution in [0, 0.1) is 0 Å². The number of esters is 1. The lowest BCUT2D eigenvalue weighted by atomic mass is 10.1. The van der Waals surface area contributed by atoms with E-state index in [9.17, 15) is 14.4 Å². The average Bonchev–Trinajstić information content (AvgIpc) is 3.31. The fourth-order valence-corrected chi connectivity index (χ4v) is 3.43. The van der Waals surface area contributed by atoms with E-state index >= 15 is 0 Å². The molecule has 0 spiro atoms. The fourth-order valence-electron chi connectivity index (χ4n) is 3.43. The summed E-state index contributed by atoms with van der Waals surface area (Å²) in [4.78, 5) is 35.7. The van der Waals surface area contributed by atoms with Crippen LogP contribution in [0.15, 0.2) is 48.5 Å². The Hall–Kier alpha value is -4.03. The molecule has 1 atom stereocenters. The summed E-state index contributed by atoms with van der Waals surface area (Å²) in [5, 5.41) is 14.1. The van der Waals surface area contributed by atoms with Crippen molar-refractivity contribution in [2.75, 3.05) is 19.8 Å². The van der Waals surface area contributed by atoms with Crippen molar-refractivity contribution in [2.24, 2.45) is 5.73 Å². The summed E-state index contributed by atoms with van der Waals surface area (Å²) >= 11 is 0. The van der Waals surface area contributed by atoms with E-state index in [2.05, 4.69) is 20.8 Å². The topological polar surface area (TPSA) is 159 Å². The third-order valence-corrected chi connectivity index (χ3v) is 5.38. The van der Waals surface area contributed by atoms with Crippen molar-refractivity contribution in [2.45, 2.75) is 59.4 Å². The van der Waals surface area contributed by atoms with E-state index in [1.165, 1.54) is 6.92 Å².